The molecule has 1 aliphatic carbocycles. The first-order chi connectivity index (χ1) is 17.2. The summed E-state index contributed by atoms with van der Waals surface area (Å²) in [5.74, 6) is -4.83. The Morgan fingerprint density at radius 3 is 2.38 bits per heavy atom. The van der Waals surface area contributed by atoms with Gasteiger partial charge in [0.2, 0.25) is 0 Å². The van der Waals surface area contributed by atoms with Crippen LogP contribution in [0.2, 0.25) is 0 Å². The van der Waals surface area contributed by atoms with E-state index in [0.29, 0.717) is 0 Å². The minimum atomic E-state index is -3.67. The number of aryl methyl sites for hydroxylation is 1. The van der Waals surface area contributed by atoms with Crippen LogP contribution >= 0.6 is 0 Å². The maximum Gasteiger partial charge on any atom is 0.303 e. The molecular weight excluding hydrogens is 499 g/mol. The van der Waals surface area contributed by atoms with Crippen LogP contribution < -0.4 is 16.4 Å². The number of anilines is 1. The van der Waals surface area contributed by atoms with Gasteiger partial charge in [0.1, 0.15) is 17.0 Å². The first kappa shape index (κ1) is 26.8. The third-order valence-corrected chi connectivity index (χ3v) is 7.18. The number of nitrogens with one attached hydrogen (secondary N) is 1. The molecule has 37 heavy (non-hydrogen) atoms. The van der Waals surface area contributed by atoms with Gasteiger partial charge >= 0.3 is 5.92 Å². The number of hydrogen-bond acceptors (Lipinski definition) is 5. The number of pyridine rings is 1. The van der Waals surface area contributed by atoms with E-state index in [2.05, 4.69) is 10.4 Å². The molecule has 2 heterocycles. The Balaban J connectivity index is 1.81. The van der Waals surface area contributed by atoms with Crippen molar-refractivity contribution in [1.29, 1.82) is 0 Å². The average Bonchev–Trinajstić information content (AvgIpc) is 3.64. The van der Waals surface area contributed by atoms with E-state index in [-0.39, 0.29) is 35.0 Å². The topological polar surface area (TPSA) is 78.2 Å². The summed E-state index contributed by atoms with van der Waals surface area (Å²) in [5, 5.41) is 7.04. The minimum Gasteiger partial charge on any atom is -0.372 e. The Morgan fingerprint density at radius 2 is 1.81 bits per heavy atom. The lowest BCUT2D eigenvalue weighted by Crippen LogP contribution is -2.43. The van der Waals surface area contributed by atoms with Gasteiger partial charge < -0.3 is 14.6 Å². The molecule has 3 aromatic rings. The van der Waals surface area contributed by atoms with Crippen LogP contribution in [0.1, 0.15) is 50.8 Å². The molecule has 200 valence electrons. The standard InChI is InChI=1S/C25H27F5N4O3/c1-13(14-7-6-8-17(19(14)26)25(29,30)23(2,3)37-5)31-20-16-12-34(24(9-10-24)22(27)28)18(35)11-15(16)21(36)33(4)32-20/h6-8,11-13,22H,9-10H2,1-5H3,(H,31,32). The highest BCUT2D eigenvalue weighted by molar-refractivity contribution is 5.90. The predicted molar refractivity (Wildman–Crippen MR) is 128 cm³/mol. The minimum absolute atomic E-state index is 0.00259. The van der Waals surface area contributed by atoms with Crippen molar-refractivity contribution in [3.05, 3.63) is 68.1 Å². The van der Waals surface area contributed by atoms with E-state index in [1.807, 2.05) is 0 Å². The fraction of sp³-hybridized carbons (Fsp3) is 0.480. The van der Waals surface area contributed by atoms with Gasteiger partial charge in [0.25, 0.3) is 17.5 Å². The zero-order valence-electron chi connectivity index (χ0n) is 20.9. The smallest absolute Gasteiger partial charge is 0.303 e. The maximum absolute atomic E-state index is 15.4. The van der Waals surface area contributed by atoms with Crippen LogP contribution in [-0.4, -0.2) is 33.5 Å². The number of ether oxygens (including phenoxy) is 1. The van der Waals surface area contributed by atoms with Crippen molar-refractivity contribution in [1.82, 2.24) is 14.3 Å². The van der Waals surface area contributed by atoms with E-state index >= 15 is 13.2 Å². The molecule has 1 atom stereocenters. The molecule has 0 aliphatic heterocycles. The molecular formula is C25H27F5N4O3. The van der Waals surface area contributed by atoms with Crippen molar-refractivity contribution in [3.8, 4) is 0 Å². The van der Waals surface area contributed by atoms with Crippen LogP contribution in [0.3, 0.4) is 0 Å². The van der Waals surface area contributed by atoms with Crippen molar-refractivity contribution >= 4 is 16.6 Å². The van der Waals surface area contributed by atoms with Gasteiger partial charge in [-0.3, -0.25) is 9.59 Å². The molecule has 1 aliphatic rings. The SMILES string of the molecule is COC(C)(C)C(F)(F)c1cccc(C(C)Nc2nn(C)c(=O)c3cc(=O)n(C4(C(F)F)CC4)cc23)c1F. The average molecular weight is 527 g/mol. The highest BCUT2D eigenvalue weighted by Gasteiger charge is 2.53. The Kier molecular flexibility index (Phi) is 6.46. The Hall–Kier alpha value is -3.28. The maximum atomic E-state index is 15.4. The number of rotatable bonds is 8. The third-order valence-electron chi connectivity index (χ3n) is 7.18. The number of hydrogen-bond donors (Lipinski definition) is 1. The normalized spacial score (nSPS) is 16.3. The molecule has 0 spiro atoms. The lowest BCUT2D eigenvalue weighted by atomic mass is 9.90. The van der Waals surface area contributed by atoms with Gasteiger partial charge in [0, 0.05) is 37.4 Å². The summed E-state index contributed by atoms with van der Waals surface area (Å²) >= 11 is 0. The van der Waals surface area contributed by atoms with Crippen molar-refractivity contribution in [3.63, 3.8) is 0 Å². The molecule has 1 aromatic carbocycles. The first-order valence-electron chi connectivity index (χ1n) is 11.6. The fourth-order valence-electron chi connectivity index (χ4n) is 4.33. The zero-order chi connectivity index (χ0) is 27.5. The number of nitrogens with zero attached hydrogens (tertiary/aromatic N) is 3. The molecule has 1 N–H and O–H groups in total. The number of halogens is 5. The predicted octanol–water partition coefficient (Wildman–Crippen LogP) is 4.68. The number of alkyl halides is 4. The lowest BCUT2D eigenvalue weighted by molar-refractivity contribution is -0.186. The molecule has 1 fully saturated rings. The van der Waals surface area contributed by atoms with Crippen LogP contribution in [0.15, 0.2) is 40.1 Å². The van der Waals surface area contributed by atoms with Gasteiger partial charge in [-0.25, -0.2) is 17.9 Å². The van der Waals surface area contributed by atoms with Crippen molar-refractivity contribution < 1.29 is 26.7 Å². The Labute approximate surface area is 208 Å². The van der Waals surface area contributed by atoms with Gasteiger partial charge in [-0.2, -0.15) is 13.9 Å². The van der Waals surface area contributed by atoms with Crippen molar-refractivity contribution in [2.75, 3.05) is 12.4 Å². The summed E-state index contributed by atoms with van der Waals surface area (Å²) < 4.78 is 79.9. The van der Waals surface area contributed by atoms with Crippen LogP contribution in [0.4, 0.5) is 27.8 Å². The third kappa shape index (κ3) is 4.20. The van der Waals surface area contributed by atoms with Crippen molar-refractivity contribution in [2.24, 2.45) is 7.05 Å². The van der Waals surface area contributed by atoms with Gasteiger partial charge in [0.15, 0.2) is 5.82 Å². The lowest BCUT2D eigenvalue weighted by Gasteiger charge is -2.33. The van der Waals surface area contributed by atoms with Crippen LogP contribution in [0, 0.1) is 5.82 Å². The van der Waals surface area contributed by atoms with E-state index in [1.54, 1.807) is 0 Å². The highest BCUT2D eigenvalue weighted by atomic mass is 19.3. The number of fused-ring (bicyclic) bond motifs is 1. The van der Waals surface area contributed by atoms with Gasteiger partial charge in [0.05, 0.1) is 17.0 Å². The first-order valence-corrected chi connectivity index (χ1v) is 11.6. The highest BCUT2D eigenvalue weighted by Crippen LogP contribution is 2.48. The quantitative estimate of drug-likeness (QED) is 0.432. The Bertz CT molecular complexity index is 1480. The fourth-order valence-corrected chi connectivity index (χ4v) is 4.33. The zero-order valence-corrected chi connectivity index (χ0v) is 20.9. The summed E-state index contributed by atoms with van der Waals surface area (Å²) in [6.07, 6.45) is -1.45. The summed E-state index contributed by atoms with van der Waals surface area (Å²) in [4.78, 5) is 25.3. The second kappa shape index (κ2) is 8.93. The molecule has 1 saturated carbocycles. The summed E-state index contributed by atoms with van der Waals surface area (Å²) in [6.45, 7) is 3.79. The van der Waals surface area contributed by atoms with E-state index in [4.69, 9.17) is 4.74 Å². The molecule has 12 heteroatoms. The summed E-state index contributed by atoms with van der Waals surface area (Å²) in [7, 11) is 2.44. The van der Waals surface area contributed by atoms with Crippen LogP contribution in [0.5, 0.6) is 0 Å². The molecule has 2 aromatic heterocycles. The molecule has 0 bridgehead atoms. The molecule has 7 nitrogen and oxygen atoms in total. The number of aromatic nitrogens is 3. The van der Waals surface area contributed by atoms with Crippen molar-refractivity contribution in [2.45, 2.75) is 63.1 Å². The van der Waals surface area contributed by atoms with E-state index in [0.717, 1.165) is 48.5 Å². The van der Waals surface area contributed by atoms with Gasteiger partial charge in [-0.05, 0) is 39.7 Å². The van der Waals surface area contributed by atoms with Crippen LogP contribution in [0.25, 0.3) is 10.8 Å². The van der Waals surface area contributed by atoms with Gasteiger partial charge in [-0.1, -0.05) is 12.1 Å². The summed E-state index contributed by atoms with van der Waals surface area (Å²) in [6, 6.07) is 3.62. The monoisotopic (exact) mass is 526 g/mol. The molecule has 0 amide bonds. The molecule has 0 saturated heterocycles. The number of benzene rings is 1. The largest absolute Gasteiger partial charge is 0.372 e. The van der Waals surface area contributed by atoms with E-state index in [1.165, 1.54) is 26.1 Å². The second-order valence-electron chi connectivity index (χ2n) is 9.85. The molecule has 1 unspecified atom stereocenters. The van der Waals surface area contributed by atoms with Crippen LogP contribution in [-0.2, 0) is 23.2 Å². The number of methoxy groups -OCH3 is 1. The van der Waals surface area contributed by atoms with E-state index in [9.17, 15) is 18.4 Å². The summed E-state index contributed by atoms with van der Waals surface area (Å²) in [5.41, 5.74) is -6.01. The molecule has 0 radical (unpaired) electrons. The second-order valence-corrected chi connectivity index (χ2v) is 9.85. The van der Waals surface area contributed by atoms with E-state index < -0.39 is 52.0 Å². The Morgan fingerprint density at radius 1 is 1.16 bits per heavy atom. The molecule has 4 rings (SSSR count). The van der Waals surface area contributed by atoms with Gasteiger partial charge in [-0.15, -0.1) is 0 Å².